The quantitative estimate of drug-likeness (QED) is 0.182. The molecule has 0 radical (unpaired) electrons. The summed E-state index contributed by atoms with van der Waals surface area (Å²) in [4.78, 5) is 10.4. The van der Waals surface area contributed by atoms with E-state index in [0.717, 1.165) is 33.8 Å². The largest absolute Gasteiger partial charge is 0.309 e. The highest BCUT2D eigenvalue weighted by molar-refractivity contribution is 6.09. The first-order chi connectivity index (χ1) is 27.8. The number of aromatic nitrogens is 3. The zero-order valence-corrected chi connectivity index (χ0v) is 30.4. The van der Waals surface area contributed by atoms with Crippen LogP contribution in [0.2, 0.25) is 0 Å². The van der Waals surface area contributed by atoms with Gasteiger partial charge in [-0.15, -0.1) is 0 Å². The van der Waals surface area contributed by atoms with Gasteiger partial charge in [0.05, 0.1) is 27.8 Å². The number of hydrogen-bond donors (Lipinski definition) is 0. The molecule has 2 aromatic heterocycles. The van der Waals surface area contributed by atoms with E-state index >= 15 is 0 Å². The van der Waals surface area contributed by atoms with Crippen LogP contribution in [-0.4, -0.2) is 14.5 Å². The maximum absolute atomic E-state index is 5.27. The average molecular weight is 712 g/mol. The van der Waals surface area contributed by atoms with Crippen molar-refractivity contribution in [2.75, 3.05) is 0 Å². The highest BCUT2D eigenvalue weighted by atomic mass is 15.0. The first-order valence-corrected chi connectivity index (χ1v) is 19.2. The van der Waals surface area contributed by atoms with E-state index in [2.05, 4.69) is 180 Å². The molecule has 0 fully saturated rings. The molecule has 8 aromatic carbocycles. The van der Waals surface area contributed by atoms with Crippen LogP contribution in [-0.2, 0) is 5.41 Å². The second kappa shape index (κ2) is 11.8. The minimum Gasteiger partial charge on any atom is -0.309 e. The van der Waals surface area contributed by atoms with Crippen LogP contribution in [0.4, 0.5) is 0 Å². The Morgan fingerprint density at radius 2 is 0.821 bits per heavy atom. The summed E-state index contributed by atoms with van der Waals surface area (Å²) in [6.07, 6.45) is 0. The van der Waals surface area contributed by atoms with E-state index in [1.54, 1.807) is 0 Å². The van der Waals surface area contributed by atoms with E-state index in [1.165, 1.54) is 66.3 Å². The fourth-order valence-electron chi connectivity index (χ4n) is 9.69. The van der Waals surface area contributed by atoms with E-state index < -0.39 is 5.41 Å². The molecule has 56 heavy (non-hydrogen) atoms. The Morgan fingerprint density at radius 3 is 1.46 bits per heavy atom. The summed E-state index contributed by atoms with van der Waals surface area (Å²) in [6.45, 7) is 0. The van der Waals surface area contributed by atoms with Crippen LogP contribution in [0, 0.1) is 0 Å². The lowest BCUT2D eigenvalue weighted by atomic mass is 9.70. The third-order valence-electron chi connectivity index (χ3n) is 12.0. The van der Waals surface area contributed by atoms with Gasteiger partial charge in [0.25, 0.3) is 0 Å². The molecule has 3 nitrogen and oxygen atoms in total. The van der Waals surface area contributed by atoms with Crippen molar-refractivity contribution in [3.63, 3.8) is 0 Å². The highest BCUT2D eigenvalue weighted by Gasteiger charge is 2.51. The van der Waals surface area contributed by atoms with Gasteiger partial charge in [-0.3, -0.25) is 0 Å². The molecule has 2 heterocycles. The first kappa shape index (κ1) is 31.0. The molecule has 0 N–H and O–H groups in total. The van der Waals surface area contributed by atoms with Gasteiger partial charge in [-0.2, -0.15) is 0 Å². The summed E-state index contributed by atoms with van der Waals surface area (Å²) in [5, 5.41) is 2.52. The van der Waals surface area contributed by atoms with Crippen LogP contribution >= 0.6 is 0 Å². The van der Waals surface area contributed by atoms with Crippen LogP contribution < -0.4 is 0 Å². The predicted octanol–water partition coefficient (Wildman–Crippen LogP) is 12.9. The summed E-state index contributed by atoms with van der Waals surface area (Å²) in [6, 6.07) is 72.6. The van der Waals surface area contributed by atoms with Gasteiger partial charge in [0, 0.05) is 33.2 Å². The third-order valence-corrected chi connectivity index (χ3v) is 12.0. The van der Waals surface area contributed by atoms with Crippen LogP contribution in [0.25, 0.3) is 83.6 Å². The Bertz CT molecular complexity index is 3070. The Labute approximate surface area is 324 Å². The molecule has 3 heteroatoms. The van der Waals surface area contributed by atoms with Crippen LogP contribution in [0.15, 0.2) is 200 Å². The molecule has 0 aliphatic heterocycles. The maximum atomic E-state index is 5.27. The molecule has 1 unspecified atom stereocenters. The lowest BCUT2D eigenvalue weighted by Crippen LogP contribution is -2.26. The number of nitrogens with zero attached hydrogens (tertiary/aromatic N) is 3. The Balaban J connectivity index is 1.13. The summed E-state index contributed by atoms with van der Waals surface area (Å²) < 4.78 is 2.44. The molecule has 10 aromatic rings. The minimum atomic E-state index is -0.528. The Kier molecular flexibility index (Phi) is 6.55. The average Bonchev–Trinajstić information content (AvgIpc) is 3.88. The number of hydrogen-bond acceptors (Lipinski definition) is 2. The second-order valence-corrected chi connectivity index (χ2v) is 14.9. The highest BCUT2D eigenvalue weighted by Crippen LogP contribution is 2.63. The monoisotopic (exact) mass is 711 g/mol. The topological polar surface area (TPSA) is 30.7 Å². The van der Waals surface area contributed by atoms with Crippen molar-refractivity contribution in [2.45, 2.75) is 5.41 Å². The molecule has 2 aliphatic rings. The number of rotatable bonds is 4. The summed E-state index contributed by atoms with van der Waals surface area (Å²) in [5.74, 6) is 0.716. The van der Waals surface area contributed by atoms with Crippen molar-refractivity contribution >= 4 is 21.8 Å². The fraction of sp³-hybridized carbons (Fsp3) is 0.0189. The lowest BCUT2D eigenvalue weighted by molar-refractivity contribution is 0.793. The maximum Gasteiger partial charge on any atom is 0.160 e. The first-order valence-electron chi connectivity index (χ1n) is 19.2. The molecular formula is C53H33N3. The fourth-order valence-corrected chi connectivity index (χ4v) is 9.69. The minimum absolute atomic E-state index is 0.528. The molecule has 260 valence electrons. The second-order valence-electron chi connectivity index (χ2n) is 14.9. The SMILES string of the molecule is c1ccc(-c2cc(-c3ccc4c(c3)C3(c5ccccc5-4)c4ccccc4-c4ccc(-n5c6ccccc6c6ccccc65)cc43)nc(-c3ccccc3)n2)cc1. The van der Waals surface area contributed by atoms with Crippen molar-refractivity contribution in [2.24, 2.45) is 0 Å². The standard InChI is InChI=1S/C53H33N3/c1-3-15-34(16-4-1)48-33-49(55-52(54-48)35-17-5-2-6-18-35)36-27-29-40-38-19-7-11-23-44(38)53(46(40)31-36)45-24-12-8-20-39(45)41-30-28-37(32-47(41)53)56-50-25-13-9-21-42(50)43-22-10-14-26-51(43)56/h1-33H. The molecular weight excluding hydrogens is 679 g/mol. The van der Waals surface area contributed by atoms with Gasteiger partial charge in [0.15, 0.2) is 5.82 Å². The third kappa shape index (κ3) is 4.28. The van der Waals surface area contributed by atoms with Crippen molar-refractivity contribution in [3.05, 3.63) is 222 Å². The molecule has 0 saturated heterocycles. The predicted molar refractivity (Wildman–Crippen MR) is 229 cm³/mol. The van der Waals surface area contributed by atoms with E-state index in [0.29, 0.717) is 5.82 Å². The summed E-state index contributed by atoms with van der Waals surface area (Å²) >= 11 is 0. The van der Waals surface area contributed by atoms with Crippen molar-refractivity contribution in [3.8, 4) is 61.8 Å². The Morgan fingerprint density at radius 1 is 0.339 bits per heavy atom. The number of fused-ring (bicyclic) bond motifs is 13. The lowest BCUT2D eigenvalue weighted by Gasteiger charge is -2.31. The van der Waals surface area contributed by atoms with E-state index in [1.807, 2.05) is 24.3 Å². The van der Waals surface area contributed by atoms with E-state index in [-0.39, 0.29) is 0 Å². The molecule has 12 rings (SSSR count). The van der Waals surface area contributed by atoms with E-state index in [9.17, 15) is 0 Å². The van der Waals surface area contributed by atoms with Gasteiger partial charge in [-0.1, -0.05) is 164 Å². The van der Waals surface area contributed by atoms with Crippen LogP contribution in [0.1, 0.15) is 22.3 Å². The normalized spacial score (nSPS) is 14.9. The van der Waals surface area contributed by atoms with E-state index in [4.69, 9.17) is 9.97 Å². The molecule has 1 atom stereocenters. The molecule has 2 aliphatic carbocycles. The van der Waals surface area contributed by atoms with Crippen molar-refractivity contribution < 1.29 is 0 Å². The summed E-state index contributed by atoms with van der Waals surface area (Å²) in [7, 11) is 0. The van der Waals surface area contributed by atoms with Gasteiger partial charge in [0.2, 0.25) is 0 Å². The van der Waals surface area contributed by atoms with Gasteiger partial charge in [-0.25, -0.2) is 9.97 Å². The molecule has 0 saturated carbocycles. The van der Waals surface area contributed by atoms with Crippen LogP contribution in [0.5, 0.6) is 0 Å². The smallest absolute Gasteiger partial charge is 0.160 e. The zero-order valence-electron chi connectivity index (χ0n) is 30.4. The number of para-hydroxylation sites is 2. The van der Waals surface area contributed by atoms with Gasteiger partial charge < -0.3 is 4.57 Å². The Hall–Kier alpha value is -7.36. The number of benzene rings is 8. The zero-order chi connectivity index (χ0) is 36.8. The van der Waals surface area contributed by atoms with Gasteiger partial charge in [-0.05, 0) is 80.9 Å². The molecule has 1 spiro atoms. The van der Waals surface area contributed by atoms with Crippen molar-refractivity contribution in [1.29, 1.82) is 0 Å². The molecule has 0 bridgehead atoms. The summed E-state index contributed by atoms with van der Waals surface area (Å²) in [5.41, 5.74) is 18.3. The van der Waals surface area contributed by atoms with Crippen molar-refractivity contribution in [1.82, 2.24) is 14.5 Å². The van der Waals surface area contributed by atoms with Crippen LogP contribution in [0.3, 0.4) is 0 Å². The molecule has 0 amide bonds. The van der Waals surface area contributed by atoms with Gasteiger partial charge >= 0.3 is 0 Å². The van der Waals surface area contributed by atoms with Gasteiger partial charge in [0.1, 0.15) is 0 Å².